The van der Waals surface area contributed by atoms with Gasteiger partial charge in [-0.2, -0.15) is 10.4 Å². The highest BCUT2D eigenvalue weighted by Crippen LogP contribution is 2.30. The first-order chi connectivity index (χ1) is 16.9. The minimum Gasteiger partial charge on any atom is -0.404 e. The highest BCUT2D eigenvalue weighted by Gasteiger charge is 2.27. The summed E-state index contributed by atoms with van der Waals surface area (Å²) in [5.74, 6) is 0.630. The summed E-state index contributed by atoms with van der Waals surface area (Å²) < 4.78 is 7.34. The van der Waals surface area contributed by atoms with Crippen LogP contribution < -0.4 is 16.0 Å². The van der Waals surface area contributed by atoms with Crippen molar-refractivity contribution < 1.29 is 9.53 Å². The number of allylic oxidation sites excluding steroid dienone is 1. The van der Waals surface area contributed by atoms with Gasteiger partial charge in [-0.15, -0.1) is 0 Å². The van der Waals surface area contributed by atoms with E-state index in [9.17, 15) is 10.1 Å². The Hall–Kier alpha value is -4.23. The number of pyridine rings is 2. The van der Waals surface area contributed by atoms with E-state index in [-0.39, 0.29) is 11.9 Å². The minimum atomic E-state index is -0.546. The quantitative estimate of drug-likeness (QED) is 0.524. The highest BCUT2D eigenvalue weighted by atomic mass is 16.5. The number of aliphatic imine (C=N–C) groups is 1. The van der Waals surface area contributed by atoms with Gasteiger partial charge in [0.05, 0.1) is 30.4 Å². The number of amides is 1. The number of hydrogen-bond acceptors (Lipinski definition) is 8. The molecule has 0 bridgehead atoms. The van der Waals surface area contributed by atoms with Crippen LogP contribution in [0.15, 0.2) is 48.0 Å². The van der Waals surface area contributed by atoms with Gasteiger partial charge >= 0.3 is 0 Å². The van der Waals surface area contributed by atoms with Crippen molar-refractivity contribution in [3.8, 4) is 17.2 Å². The summed E-state index contributed by atoms with van der Waals surface area (Å²) >= 11 is 0. The van der Waals surface area contributed by atoms with Crippen LogP contribution in [0.3, 0.4) is 0 Å². The topological polar surface area (TPSA) is 134 Å². The van der Waals surface area contributed by atoms with Gasteiger partial charge in [0.1, 0.15) is 11.9 Å². The summed E-state index contributed by atoms with van der Waals surface area (Å²) in [7, 11) is 1.68. The molecule has 3 aromatic heterocycles. The van der Waals surface area contributed by atoms with Crippen LogP contribution in [0, 0.1) is 11.3 Å². The number of morpholine rings is 1. The number of anilines is 1. The lowest BCUT2D eigenvalue weighted by molar-refractivity contribution is -0.133. The van der Waals surface area contributed by atoms with Crippen molar-refractivity contribution in [2.45, 2.75) is 26.0 Å². The normalized spacial score (nSPS) is 16.7. The van der Waals surface area contributed by atoms with Gasteiger partial charge in [0.2, 0.25) is 0 Å². The molecule has 180 valence electrons. The van der Waals surface area contributed by atoms with Crippen LogP contribution in [0.25, 0.3) is 22.2 Å². The van der Waals surface area contributed by atoms with E-state index in [1.807, 2.05) is 43.1 Å². The highest BCUT2D eigenvalue weighted by molar-refractivity contribution is 6.10. The summed E-state index contributed by atoms with van der Waals surface area (Å²) in [5, 5.41) is 16.9. The van der Waals surface area contributed by atoms with Crippen molar-refractivity contribution in [1.82, 2.24) is 19.9 Å². The number of nitrogens with one attached hydrogen (secondary N) is 1. The second-order valence-electron chi connectivity index (χ2n) is 8.49. The number of carbonyl (C=O) groups is 1. The zero-order chi connectivity index (χ0) is 24.9. The van der Waals surface area contributed by atoms with Gasteiger partial charge in [0, 0.05) is 66.7 Å². The van der Waals surface area contributed by atoms with Crippen molar-refractivity contribution in [3.05, 3.63) is 54.1 Å². The number of rotatable bonds is 6. The maximum Gasteiger partial charge on any atom is 0.251 e. The fourth-order valence-corrected chi connectivity index (χ4v) is 4.06. The number of nitrogens with two attached hydrogens (primary N) is 1. The number of carbonyl (C=O) groups excluding carboxylic acids is 1. The Kier molecular flexibility index (Phi) is 7.08. The van der Waals surface area contributed by atoms with E-state index in [0.29, 0.717) is 30.8 Å². The van der Waals surface area contributed by atoms with Crippen LogP contribution in [-0.2, 0) is 9.53 Å². The van der Waals surface area contributed by atoms with Gasteiger partial charge in [-0.1, -0.05) is 0 Å². The fraction of sp³-hybridized carbons (Fsp3) is 0.320. The number of ether oxygens (including phenoxy) is 1. The summed E-state index contributed by atoms with van der Waals surface area (Å²) in [6.45, 7) is 5.35. The first-order valence-corrected chi connectivity index (χ1v) is 11.3. The molecule has 0 spiro atoms. The van der Waals surface area contributed by atoms with Crippen molar-refractivity contribution in [2.75, 3.05) is 31.6 Å². The van der Waals surface area contributed by atoms with Crippen molar-refractivity contribution in [3.63, 3.8) is 0 Å². The third kappa shape index (κ3) is 5.00. The molecule has 1 atom stereocenters. The molecule has 1 aliphatic heterocycles. The van der Waals surface area contributed by atoms with Gasteiger partial charge < -0.3 is 20.7 Å². The monoisotopic (exact) mass is 472 g/mol. The van der Waals surface area contributed by atoms with Crippen molar-refractivity contribution in [1.29, 1.82) is 5.26 Å². The summed E-state index contributed by atoms with van der Waals surface area (Å²) in [4.78, 5) is 23.2. The Balaban J connectivity index is 1.68. The average Bonchev–Trinajstić information content (AvgIpc) is 3.29. The molecular weight excluding hydrogens is 444 g/mol. The maximum atomic E-state index is 12.4. The molecule has 35 heavy (non-hydrogen) atoms. The third-order valence-electron chi connectivity index (χ3n) is 5.69. The molecule has 1 saturated heterocycles. The van der Waals surface area contributed by atoms with Gasteiger partial charge in [-0.05, 0) is 32.0 Å². The third-order valence-corrected chi connectivity index (χ3v) is 5.69. The van der Waals surface area contributed by atoms with Crippen molar-refractivity contribution >= 4 is 29.0 Å². The number of aromatic nitrogens is 3. The van der Waals surface area contributed by atoms with E-state index in [1.54, 1.807) is 30.2 Å². The molecule has 1 fully saturated rings. The molecule has 4 rings (SSSR count). The number of hydrogen-bond donors (Lipinski definition) is 2. The second kappa shape index (κ2) is 10.4. The van der Waals surface area contributed by atoms with Crippen molar-refractivity contribution in [2.24, 2.45) is 10.7 Å². The predicted molar refractivity (Wildman–Crippen MR) is 135 cm³/mol. The average molecular weight is 473 g/mol. The Morgan fingerprint density at radius 1 is 1.40 bits per heavy atom. The van der Waals surface area contributed by atoms with Crippen LogP contribution in [0.5, 0.6) is 0 Å². The van der Waals surface area contributed by atoms with E-state index in [1.165, 1.54) is 6.20 Å². The molecule has 1 aliphatic rings. The zero-order valence-corrected chi connectivity index (χ0v) is 20.0. The molecule has 3 N–H and O–H groups in total. The van der Waals surface area contributed by atoms with Crippen LogP contribution >= 0.6 is 0 Å². The molecule has 0 radical (unpaired) electrons. The lowest BCUT2D eigenvalue weighted by atomic mass is 10.0. The van der Waals surface area contributed by atoms with Gasteiger partial charge in [-0.3, -0.25) is 9.79 Å². The SMILES string of the molecule is CN=CC(=CN)c1cc(-c2ccc(N3CCOC(C(=O)NC(C)C)C3)nc2)c2c(C#N)cnn2c1. The Morgan fingerprint density at radius 3 is 2.89 bits per heavy atom. The van der Waals surface area contributed by atoms with Crippen LogP contribution in [0.1, 0.15) is 25.0 Å². The fourth-order valence-electron chi connectivity index (χ4n) is 4.06. The summed E-state index contributed by atoms with van der Waals surface area (Å²) in [5.41, 5.74) is 10.1. The van der Waals surface area contributed by atoms with Crippen LogP contribution in [0.4, 0.5) is 5.82 Å². The molecule has 4 heterocycles. The van der Waals surface area contributed by atoms with Gasteiger partial charge in [0.25, 0.3) is 5.91 Å². The lowest BCUT2D eigenvalue weighted by Crippen LogP contribution is -2.51. The molecule has 1 amide bonds. The molecule has 0 aromatic carbocycles. The molecule has 0 aliphatic carbocycles. The number of nitriles is 1. The van der Waals surface area contributed by atoms with Crippen LogP contribution in [-0.4, -0.2) is 65.6 Å². The standard InChI is InChI=1S/C25H28N8O2/c1-16(2)31-25(34)22-15-32(6-7-35-22)23-5-4-17(12-29-23)21-8-18(19(9-26)11-28-3)14-33-24(21)20(10-27)13-30-33/h4-5,8-9,11-14,16,22H,6-7,15,26H2,1-3H3,(H,31,34). The molecule has 3 aromatic rings. The largest absolute Gasteiger partial charge is 0.404 e. The smallest absolute Gasteiger partial charge is 0.251 e. The summed E-state index contributed by atoms with van der Waals surface area (Å²) in [6.07, 6.45) is 7.73. The summed E-state index contributed by atoms with van der Waals surface area (Å²) in [6, 6.07) is 8.08. The number of nitrogens with zero attached hydrogens (tertiary/aromatic N) is 6. The molecule has 0 saturated carbocycles. The molecule has 10 heteroatoms. The van der Waals surface area contributed by atoms with E-state index >= 15 is 0 Å². The van der Waals surface area contributed by atoms with E-state index in [2.05, 4.69) is 26.5 Å². The maximum absolute atomic E-state index is 12.4. The first kappa shape index (κ1) is 23.9. The second-order valence-corrected chi connectivity index (χ2v) is 8.49. The first-order valence-electron chi connectivity index (χ1n) is 11.3. The van der Waals surface area contributed by atoms with E-state index in [4.69, 9.17) is 10.5 Å². The Bertz CT molecular complexity index is 1320. The van der Waals surface area contributed by atoms with E-state index in [0.717, 1.165) is 28.1 Å². The molecule has 10 nitrogen and oxygen atoms in total. The minimum absolute atomic E-state index is 0.0477. The predicted octanol–water partition coefficient (Wildman–Crippen LogP) is 2.00. The molecular formula is C25H28N8O2. The number of fused-ring (bicyclic) bond motifs is 1. The molecule has 1 unspecified atom stereocenters. The van der Waals surface area contributed by atoms with Crippen LogP contribution in [0.2, 0.25) is 0 Å². The Labute approximate surface area is 203 Å². The van der Waals surface area contributed by atoms with Gasteiger partial charge in [-0.25, -0.2) is 9.50 Å². The Morgan fingerprint density at radius 2 is 2.23 bits per heavy atom. The van der Waals surface area contributed by atoms with E-state index < -0.39 is 6.10 Å². The van der Waals surface area contributed by atoms with Gasteiger partial charge in [0.15, 0.2) is 6.10 Å². The lowest BCUT2D eigenvalue weighted by Gasteiger charge is -2.33. The zero-order valence-electron chi connectivity index (χ0n) is 20.0.